The molecule has 3 rings (SSSR count). The van der Waals surface area contributed by atoms with Gasteiger partial charge in [-0.25, -0.2) is 4.39 Å². The van der Waals surface area contributed by atoms with Crippen LogP contribution in [0.5, 0.6) is 5.75 Å². The maximum Gasteiger partial charge on any atom is 0.126 e. The lowest BCUT2D eigenvalue weighted by Crippen LogP contribution is -2.09. The number of aryl methyl sites for hydroxylation is 2. The van der Waals surface area contributed by atoms with E-state index in [0.717, 1.165) is 36.3 Å². The Kier molecular flexibility index (Phi) is 3.45. The van der Waals surface area contributed by atoms with Gasteiger partial charge >= 0.3 is 0 Å². The Hall–Kier alpha value is -1.87. The molecule has 1 atom stereocenters. The maximum atomic E-state index is 13.6. The number of hydrogen-bond acceptors (Lipinski definition) is 2. The van der Waals surface area contributed by atoms with Crippen LogP contribution in [-0.4, -0.2) is 11.7 Å². The molecule has 3 heteroatoms. The molecule has 0 bridgehead atoms. The quantitative estimate of drug-likeness (QED) is 0.906. The predicted molar refractivity (Wildman–Crippen MR) is 75.5 cm³/mol. The van der Waals surface area contributed by atoms with Crippen LogP contribution < -0.4 is 4.74 Å². The number of aliphatic hydroxyl groups is 1. The van der Waals surface area contributed by atoms with E-state index in [-0.39, 0.29) is 5.82 Å². The molecule has 0 amide bonds. The lowest BCUT2D eigenvalue weighted by molar-refractivity contribution is 0.219. The maximum absolute atomic E-state index is 13.6. The molecule has 0 saturated heterocycles. The largest absolute Gasteiger partial charge is 0.493 e. The molecular formula is C17H17FO2. The first-order valence-electron chi connectivity index (χ1n) is 6.85. The van der Waals surface area contributed by atoms with Crippen LogP contribution >= 0.6 is 0 Å². The van der Waals surface area contributed by atoms with E-state index in [1.54, 1.807) is 19.1 Å². The van der Waals surface area contributed by atoms with Crippen molar-refractivity contribution in [2.24, 2.45) is 0 Å². The first-order chi connectivity index (χ1) is 9.65. The van der Waals surface area contributed by atoms with Gasteiger partial charge in [-0.05, 0) is 60.2 Å². The molecule has 2 aromatic rings. The van der Waals surface area contributed by atoms with E-state index in [1.165, 1.54) is 6.07 Å². The third-order valence-electron chi connectivity index (χ3n) is 3.76. The van der Waals surface area contributed by atoms with Gasteiger partial charge in [0.05, 0.1) is 6.61 Å². The van der Waals surface area contributed by atoms with Gasteiger partial charge in [-0.1, -0.05) is 18.2 Å². The molecule has 2 nitrogen and oxygen atoms in total. The van der Waals surface area contributed by atoms with Gasteiger partial charge in [0.1, 0.15) is 17.7 Å². The summed E-state index contributed by atoms with van der Waals surface area (Å²) in [4.78, 5) is 0. The molecule has 1 unspecified atom stereocenters. The van der Waals surface area contributed by atoms with Crippen molar-refractivity contribution in [1.82, 2.24) is 0 Å². The molecule has 1 N–H and O–H groups in total. The van der Waals surface area contributed by atoms with E-state index in [9.17, 15) is 9.50 Å². The smallest absolute Gasteiger partial charge is 0.126 e. The Bertz CT molecular complexity index is 637. The molecule has 1 heterocycles. The molecule has 0 aliphatic carbocycles. The Morgan fingerprint density at radius 2 is 1.90 bits per heavy atom. The van der Waals surface area contributed by atoms with Crippen molar-refractivity contribution >= 4 is 0 Å². The van der Waals surface area contributed by atoms with E-state index in [2.05, 4.69) is 0 Å². The number of benzene rings is 2. The molecule has 1 aliphatic rings. The number of hydrogen-bond donors (Lipinski definition) is 1. The van der Waals surface area contributed by atoms with Gasteiger partial charge in [-0.3, -0.25) is 0 Å². The summed E-state index contributed by atoms with van der Waals surface area (Å²) in [5.74, 6) is 0.602. The van der Waals surface area contributed by atoms with Gasteiger partial charge in [0.15, 0.2) is 0 Å². The Balaban J connectivity index is 1.93. The SMILES string of the molecule is Cc1ccc(C(O)c2ccc3c(c2)CCCO3)cc1F. The fourth-order valence-corrected chi connectivity index (χ4v) is 2.52. The summed E-state index contributed by atoms with van der Waals surface area (Å²) >= 11 is 0. The fourth-order valence-electron chi connectivity index (χ4n) is 2.52. The summed E-state index contributed by atoms with van der Waals surface area (Å²) < 4.78 is 19.2. The zero-order chi connectivity index (χ0) is 14.1. The molecule has 0 fully saturated rings. The Morgan fingerprint density at radius 1 is 1.15 bits per heavy atom. The van der Waals surface area contributed by atoms with E-state index >= 15 is 0 Å². The van der Waals surface area contributed by atoms with Crippen LogP contribution in [0, 0.1) is 12.7 Å². The van der Waals surface area contributed by atoms with Crippen LogP contribution in [0.4, 0.5) is 4.39 Å². The van der Waals surface area contributed by atoms with Gasteiger partial charge in [-0.15, -0.1) is 0 Å². The molecule has 1 aliphatic heterocycles. The van der Waals surface area contributed by atoms with Crippen molar-refractivity contribution in [2.75, 3.05) is 6.61 Å². The third-order valence-corrected chi connectivity index (χ3v) is 3.76. The van der Waals surface area contributed by atoms with E-state index in [1.807, 2.05) is 18.2 Å². The van der Waals surface area contributed by atoms with Gasteiger partial charge in [0.2, 0.25) is 0 Å². The van der Waals surface area contributed by atoms with Crippen LogP contribution in [0.1, 0.15) is 34.8 Å². The first kappa shape index (κ1) is 13.1. The van der Waals surface area contributed by atoms with Crippen LogP contribution in [0.25, 0.3) is 0 Å². The van der Waals surface area contributed by atoms with E-state index in [0.29, 0.717) is 11.1 Å². The molecule has 0 spiro atoms. The summed E-state index contributed by atoms with van der Waals surface area (Å²) in [7, 11) is 0. The monoisotopic (exact) mass is 272 g/mol. The summed E-state index contributed by atoms with van der Waals surface area (Å²) in [6, 6.07) is 10.5. The zero-order valence-corrected chi connectivity index (χ0v) is 11.4. The van der Waals surface area contributed by atoms with Crippen molar-refractivity contribution in [2.45, 2.75) is 25.9 Å². The number of ether oxygens (including phenoxy) is 1. The zero-order valence-electron chi connectivity index (χ0n) is 11.4. The number of aliphatic hydroxyl groups excluding tert-OH is 1. The van der Waals surface area contributed by atoms with Crippen molar-refractivity contribution in [1.29, 1.82) is 0 Å². The molecule has 0 radical (unpaired) electrons. The lowest BCUT2D eigenvalue weighted by Gasteiger charge is -2.20. The molecule has 20 heavy (non-hydrogen) atoms. The van der Waals surface area contributed by atoms with Gasteiger partial charge < -0.3 is 9.84 Å². The molecule has 0 saturated carbocycles. The van der Waals surface area contributed by atoms with Gasteiger partial charge in [0.25, 0.3) is 0 Å². The average molecular weight is 272 g/mol. The highest BCUT2D eigenvalue weighted by Gasteiger charge is 2.16. The van der Waals surface area contributed by atoms with E-state index < -0.39 is 6.10 Å². The second-order valence-corrected chi connectivity index (χ2v) is 5.23. The normalized spacial score (nSPS) is 15.3. The summed E-state index contributed by atoms with van der Waals surface area (Å²) in [6.07, 6.45) is 1.14. The molecule has 2 aromatic carbocycles. The van der Waals surface area contributed by atoms with Crippen molar-refractivity contribution in [3.05, 3.63) is 64.5 Å². The highest BCUT2D eigenvalue weighted by molar-refractivity contribution is 5.42. The summed E-state index contributed by atoms with van der Waals surface area (Å²) in [5, 5.41) is 10.4. The van der Waals surface area contributed by atoms with Gasteiger partial charge in [0, 0.05) is 0 Å². The van der Waals surface area contributed by atoms with Crippen molar-refractivity contribution < 1.29 is 14.2 Å². The number of rotatable bonds is 2. The van der Waals surface area contributed by atoms with Crippen LogP contribution in [0.15, 0.2) is 36.4 Å². The second kappa shape index (κ2) is 5.25. The minimum absolute atomic E-state index is 0.289. The van der Waals surface area contributed by atoms with Gasteiger partial charge in [-0.2, -0.15) is 0 Å². The highest BCUT2D eigenvalue weighted by atomic mass is 19.1. The van der Waals surface area contributed by atoms with Crippen LogP contribution in [0.3, 0.4) is 0 Å². The van der Waals surface area contributed by atoms with Crippen LogP contribution in [0.2, 0.25) is 0 Å². The third kappa shape index (κ3) is 2.41. The van der Waals surface area contributed by atoms with Crippen molar-refractivity contribution in [3.63, 3.8) is 0 Å². The Morgan fingerprint density at radius 3 is 2.70 bits per heavy atom. The molecular weight excluding hydrogens is 255 g/mol. The Labute approximate surface area is 117 Å². The topological polar surface area (TPSA) is 29.5 Å². The standard InChI is InChI=1S/C17H17FO2/c1-11-4-5-14(10-15(11)18)17(19)13-6-7-16-12(9-13)3-2-8-20-16/h4-7,9-10,17,19H,2-3,8H2,1H3. The minimum Gasteiger partial charge on any atom is -0.493 e. The molecule has 104 valence electrons. The molecule has 0 aromatic heterocycles. The predicted octanol–water partition coefficient (Wildman–Crippen LogP) is 3.54. The minimum atomic E-state index is -0.808. The van der Waals surface area contributed by atoms with Crippen LogP contribution in [-0.2, 0) is 6.42 Å². The number of fused-ring (bicyclic) bond motifs is 1. The average Bonchev–Trinajstić information content (AvgIpc) is 2.49. The summed E-state index contributed by atoms with van der Waals surface area (Å²) in [5.41, 5.74) is 3.04. The summed E-state index contributed by atoms with van der Waals surface area (Å²) in [6.45, 7) is 2.46. The first-order valence-corrected chi connectivity index (χ1v) is 6.85. The van der Waals surface area contributed by atoms with Crippen molar-refractivity contribution in [3.8, 4) is 5.75 Å². The fraction of sp³-hybridized carbons (Fsp3) is 0.294. The second-order valence-electron chi connectivity index (χ2n) is 5.23. The lowest BCUT2D eigenvalue weighted by atomic mass is 9.96. The van der Waals surface area contributed by atoms with E-state index in [4.69, 9.17) is 4.74 Å². The highest BCUT2D eigenvalue weighted by Crippen LogP contribution is 2.30. The number of halogens is 1.